The molecule has 0 heterocycles. The average Bonchev–Trinajstić information content (AvgIpc) is 2.40. The molecular weight excluding hydrogens is 291 g/mol. The highest BCUT2D eigenvalue weighted by Gasteiger charge is 2.28. The van der Waals surface area contributed by atoms with Crippen molar-refractivity contribution in [1.82, 2.24) is 4.72 Å². The van der Waals surface area contributed by atoms with Crippen molar-refractivity contribution in [2.24, 2.45) is 5.41 Å². The number of halogens is 1. The molecule has 21 heavy (non-hydrogen) atoms. The number of sulfonamides is 1. The first-order valence-electron chi connectivity index (χ1n) is 7.23. The maximum absolute atomic E-state index is 14.1. The molecule has 2 rings (SSSR count). The Balaban J connectivity index is 2.15. The Bertz CT molecular complexity index is 614. The lowest BCUT2D eigenvalue weighted by atomic mass is 9.75. The van der Waals surface area contributed by atoms with Crippen molar-refractivity contribution in [2.45, 2.75) is 50.5 Å². The van der Waals surface area contributed by atoms with Gasteiger partial charge in [0, 0.05) is 6.04 Å². The highest BCUT2D eigenvalue weighted by atomic mass is 32.2. The van der Waals surface area contributed by atoms with Crippen LogP contribution in [-0.4, -0.2) is 21.5 Å². The van der Waals surface area contributed by atoms with Gasteiger partial charge in [0.25, 0.3) is 0 Å². The number of rotatable bonds is 4. The summed E-state index contributed by atoms with van der Waals surface area (Å²) in [7, 11) is -2.30. The number of nitrogens with one attached hydrogen (secondary N) is 2. The number of benzene rings is 1. The fourth-order valence-electron chi connectivity index (χ4n) is 2.94. The Morgan fingerprint density at radius 1 is 1.33 bits per heavy atom. The number of hydrogen-bond acceptors (Lipinski definition) is 3. The lowest BCUT2D eigenvalue weighted by molar-refractivity contribution is 0.229. The molecule has 6 heteroatoms. The molecule has 1 atom stereocenters. The largest absolute Gasteiger partial charge is 0.380 e. The summed E-state index contributed by atoms with van der Waals surface area (Å²) >= 11 is 0. The lowest BCUT2D eigenvalue weighted by Gasteiger charge is -2.36. The highest BCUT2D eigenvalue weighted by molar-refractivity contribution is 7.89. The Hall–Kier alpha value is -1.14. The van der Waals surface area contributed by atoms with Crippen molar-refractivity contribution in [3.8, 4) is 0 Å². The molecule has 0 bridgehead atoms. The maximum Gasteiger partial charge on any atom is 0.240 e. The van der Waals surface area contributed by atoms with Gasteiger partial charge in [-0.05, 0) is 49.9 Å². The Labute approximate surface area is 126 Å². The predicted molar refractivity (Wildman–Crippen MR) is 82.3 cm³/mol. The summed E-state index contributed by atoms with van der Waals surface area (Å²) in [6.07, 6.45) is 4.31. The van der Waals surface area contributed by atoms with Crippen LogP contribution < -0.4 is 10.0 Å². The molecule has 1 unspecified atom stereocenters. The second-order valence-electron chi connectivity index (χ2n) is 6.45. The van der Waals surface area contributed by atoms with Gasteiger partial charge in [-0.25, -0.2) is 17.5 Å². The molecular formula is C15H23FN2O2S. The molecule has 1 aliphatic rings. The minimum atomic E-state index is -3.61. The monoisotopic (exact) mass is 314 g/mol. The van der Waals surface area contributed by atoms with Crippen LogP contribution >= 0.6 is 0 Å². The van der Waals surface area contributed by atoms with Crippen LogP contribution in [0.1, 0.15) is 39.5 Å². The lowest BCUT2D eigenvalue weighted by Crippen LogP contribution is -2.32. The van der Waals surface area contributed by atoms with Gasteiger partial charge >= 0.3 is 0 Å². The van der Waals surface area contributed by atoms with Crippen LogP contribution in [-0.2, 0) is 10.0 Å². The molecule has 1 fully saturated rings. The Kier molecular flexibility index (Phi) is 4.58. The molecule has 1 aromatic carbocycles. The molecule has 0 amide bonds. The first-order chi connectivity index (χ1) is 9.73. The van der Waals surface area contributed by atoms with E-state index >= 15 is 0 Å². The summed E-state index contributed by atoms with van der Waals surface area (Å²) in [5.41, 5.74) is 0.634. The van der Waals surface area contributed by atoms with Crippen LogP contribution in [0.5, 0.6) is 0 Å². The molecule has 4 nitrogen and oxygen atoms in total. The maximum atomic E-state index is 14.1. The zero-order chi connectivity index (χ0) is 15.7. The van der Waals surface area contributed by atoms with Gasteiger partial charge in [0.15, 0.2) is 0 Å². The zero-order valence-corrected chi connectivity index (χ0v) is 13.6. The number of anilines is 1. The SMILES string of the molecule is CNS(=O)(=O)c1ccc(NC2CCCC(C)(C)C2)c(F)c1. The average molecular weight is 314 g/mol. The summed E-state index contributed by atoms with van der Waals surface area (Å²) < 4.78 is 39.6. The smallest absolute Gasteiger partial charge is 0.240 e. The minimum absolute atomic E-state index is 0.0583. The van der Waals surface area contributed by atoms with Crippen LogP contribution in [0, 0.1) is 11.2 Å². The predicted octanol–water partition coefficient (Wildman–Crippen LogP) is 3.11. The third-order valence-electron chi connectivity index (χ3n) is 4.08. The van der Waals surface area contributed by atoms with Crippen LogP contribution in [0.4, 0.5) is 10.1 Å². The van der Waals surface area contributed by atoms with E-state index in [0.29, 0.717) is 5.69 Å². The standard InChI is InChI=1S/C15H23FN2O2S/c1-15(2)8-4-5-11(10-15)18-14-7-6-12(9-13(14)16)21(19,20)17-3/h6-7,9,11,17-18H,4-5,8,10H2,1-3H3. The quantitative estimate of drug-likeness (QED) is 0.898. The molecule has 0 aromatic heterocycles. The summed E-state index contributed by atoms with van der Waals surface area (Å²) in [4.78, 5) is -0.0583. The van der Waals surface area contributed by atoms with Crippen molar-refractivity contribution >= 4 is 15.7 Å². The summed E-state index contributed by atoms with van der Waals surface area (Å²) in [6, 6.07) is 4.21. The van der Waals surface area contributed by atoms with Crippen molar-refractivity contribution in [3.63, 3.8) is 0 Å². The van der Waals surface area contributed by atoms with Gasteiger partial charge in [-0.3, -0.25) is 0 Å². The van der Waals surface area contributed by atoms with Gasteiger partial charge < -0.3 is 5.32 Å². The zero-order valence-electron chi connectivity index (χ0n) is 12.7. The molecule has 1 aliphatic carbocycles. The van der Waals surface area contributed by atoms with E-state index in [-0.39, 0.29) is 16.4 Å². The van der Waals surface area contributed by atoms with Crippen LogP contribution in [0.3, 0.4) is 0 Å². The van der Waals surface area contributed by atoms with E-state index in [1.165, 1.54) is 25.6 Å². The van der Waals surface area contributed by atoms with Crippen LogP contribution in [0.15, 0.2) is 23.1 Å². The van der Waals surface area contributed by atoms with Crippen molar-refractivity contribution in [3.05, 3.63) is 24.0 Å². The number of hydrogen-bond donors (Lipinski definition) is 2. The molecule has 0 saturated heterocycles. The van der Waals surface area contributed by atoms with Gasteiger partial charge in [-0.1, -0.05) is 20.3 Å². The molecule has 2 N–H and O–H groups in total. The highest BCUT2D eigenvalue weighted by Crippen LogP contribution is 2.36. The van der Waals surface area contributed by atoms with E-state index in [2.05, 4.69) is 23.9 Å². The summed E-state index contributed by atoms with van der Waals surface area (Å²) in [5.74, 6) is -0.533. The topological polar surface area (TPSA) is 58.2 Å². The van der Waals surface area contributed by atoms with E-state index < -0.39 is 15.8 Å². The fourth-order valence-corrected chi connectivity index (χ4v) is 3.68. The second kappa shape index (κ2) is 5.93. The second-order valence-corrected chi connectivity index (χ2v) is 8.34. The molecule has 1 saturated carbocycles. The third kappa shape index (κ3) is 3.95. The van der Waals surface area contributed by atoms with Gasteiger partial charge in [0.05, 0.1) is 10.6 Å². The van der Waals surface area contributed by atoms with E-state index in [9.17, 15) is 12.8 Å². The first kappa shape index (κ1) is 16.2. The van der Waals surface area contributed by atoms with Crippen molar-refractivity contribution < 1.29 is 12.8 Å². The normalized spacial score (nSPS) is 22.0. The van der Waals surface area contributed by atoms with Crippen LogP contribution in [0.25, 0.3) is 0 Å². The van der Waals surface area contributed by atoms with Gasteiger partial charge in [-0.15, -0.1) is 0 Å². The van der Waals surface area contributed by atoms with Gasteiger partial charge in [0.1, 0.15) is 5.82 Å². The van der Waals surface area contributed by atoms with E-state index in [1.807, 2.05) is 0 Å². The fraction of sp³-hybridized carbons (Fsp3) is 0.600. The van der Waals surface area contributed by atoms with Crippen molar-refractivity contribution in [1.29, 1.82) is 0 Å². The Morgan fingerprint density at radius 3 is 2.62 bits per heavy atom. The molecule has 118 valence electrons. The third-order valence-corrected chi connectivity index (χ3v) is 5.50. The first-order valence-corrected chi connectivity index (χ1v) is 8.71. The van der Waals surface area contributed by atoms with E-state index in [1.54, 1.807) is 0 Å². The van der Waals surface area contributed by atoms with Gasteiger partial charge in [-0.2, -0.15) is 0 Å². The van der Waals surface area contributed by atoms with Crippen molar-refractivity contribution in [2.75, 3.05) is 12.4 Å². The van der Waals surface area contributed by atoms with E-state index in [0.717, 1.165) is 25.3 Å². The molecule has 0 aliphatic heterocycles. The molecule has 0 radical (unpaired) electrons. The van der Waals surface area contributed by atoms with Gasteiger partial charge in [0.2, 0.25) is 10.0 Å². The summed E-state index contributed by atoms with van der Waals surface area (Å²) in [5, 5.41) is 3.21. The minimum Gasteiger partial charge on any atom is -0.380 e. The van der Waals surface area contributed by atoms with Crippen LogP contribution in [0.2, 0.25) is 0 Å². The summed E-state index contributed by atoms with van der Waals surface area (Å²) in [6.45, 7) is 4.44. The molecule has 0 spiro atoms. The van der Waals surface area contributed by atoms with E-state index in [4.69, 9.17) is 0 Å². The molecule has 1 aromatic rings. The Morgan fingerprint density at radius 2 is 2.05 bits per heavy atom.